The van der Waals surface area contributed by atoms with E-state index in [-0.39, 0.29) is 11.1 Å². The molecule has 19 heavy (non-hydrogen) atoms. The van der Waals surface area contributed by atoms with Crippen LogP contribution in [0.2, 0.25) is 0 Å². The van der Waals surface area contributed by atoms with E-state index in [0.717, 1.165) is 43.5 Å². The maximum absolute atomic E-state index is 5.52. The van der Waals surface area contributed by atoms with Crippen molar-refractivity contribution in [2.75, 3.05) is 43.5 Å². The van der Waals surface area contributed by atoms with Crippen LogP contribution in [0.5, 0.6) is 0 Å². The zero-order valence-corrected chi connectivity index (χ0v) is 14.1. The van der Waals surface area contributed by atoms with Gasteiger partial charge in [-0.1, -0.05) is 0 Å². The molecule has 6 heteroatoms. The maximum Gasteiger partial charge on any atom is 0.100 e. The fraction of sp³-hybridized carbons (Fsp3) is 1.00. The van der Waals surface area contributed by atoms with Gasteiger partial charge in [-0.2, -0.15) is 0 Å². The highest BCUT2D eigenvalue weighted by Crippen LogP contribution is 2.27. The van der Waals surface area contributed by atoms with Crippen LogP contribution < -0.4 is 0 Å². The van der Waals surface area contributed by atoms with Crippen molar-refractivity contribution < 1.29 is 9.47 Å². The van der Waals surface area contributed by atoms with Gasteiger partial charge in [0.1, 0.15) is 13.5 Å². The second-order valence-corrected chi connectivity index (χ2v) is 8.72. The highest BCUT2D eigenvalue weighted by atomic mass is 32.2. The predicted molar refractivity (Wildman–Crippen MR) is 83.3 cm³/mol. The molecule has 2 rings (SSSR count). The van der Waals surface area contributed by atoms with Crippen molar-refractivity contribution in [2.24, 2.45) is 0 Å². The van der Waals surface area contributed by atoms with Gasteiger partial charge in [-0.15, -0.1) is 23.5 Å². The lowest BCUT2D eigenvalue weighted by Gasteiger charge is -2.29. The zero-order valence-electron chi connectivity index (χ0n) is 12.5. The molecule has 0 atom stereocenters. The fourth-order valence-corrected chi connectivity index (χ4v) is 4.48. The molecule has 0 spiro atoms. The van der Waals surface area contributed by atoms with Crippen molar-refractivity contribution in [3.63, 3.8) is 0 Å². The number of rotatable bonds is 6. The van der Waals surface area contributed by atoms with Crippen LogP contribution in [0, 0.1) is 0 Å². The summed E-state index contributed by atoms with van der Waals surface area (Å²) in [6.45, 7) is 12.2. The number of ether oxygens (including phenoxy) is 2. The number of nitrogens with zero attached hydrogens (tertiary/aromatic N) is 2. The molecule has 2 heterocycles. The summed E-state index contributed by atoms with van der Waals surface area (Å²) in [6, 6.07) is 0. The monoisotopic (exact) mass is 306 g/mol. The number of hydrogen-bond donors (Lipinski definition) is 0. The van der Waals surface area contributed by atoms with E-state index in [0.29, 0.717) is 0 Å². The minimum Gasteiger partial charge on any atom is -0.364 e. The van der Waals surface area contributed by atoms with Crippen molar-refractivity contribution in [2.45, 2.75) is 38.8 Å². The van der Waals surface area contributed by atoms with E-state index in [1.807, 2.05) is 23.5 Å². The van der Waals surface area contributed by atoms with E-state index >= 15 is 0 Å². The molecule has 2 aliphatic rings. The van der Waals surface area contributed by atoms with Gasteiger partial charge in [-0.3, -0.25) is 9.80 Å². The molecular weight excluding hydrogens is 280 g/mol. The molecule has 0 amide bonds. The van der Waals surface area contributed by atoms with E-state index in [2.05, 4.69) is 37.5 Å². The Morgan fingerprint density at radius 3 is 1.58 bits per heavy atom. The van der Waals surface area contributed by atoms with Gasteiger partial charge in [0.2, 0.25) is 0 Å². The molecule has 0 aromatic carbocycles. The lowest BCUT2D eigenvalue weighted by atomic mass is 10.1. The van der Waals surface area contributed by atoms with Crippen LogP contribution in [-0.2, 0) is 9.47 Å². The second kappa shape index (κ2) is 6.54. The molecule has 0 aromatic rings. The molecule has 0 aliphatic carbocycles. The van der Waals surface area contributed by atoms with Gasteiger partial charge in [-0.25, -0.2) is 0 Å². The minimum absolute atomic E-state index is 0.197. The van der Waals surface area contributed by atoms with Crippen molar-refractivity contribution in [1.29, 1.82) is 0 Å². The molecule has 2 fully saturated rings. The van der Waals surface area contributed by atoms with E-state index in [1.165, 1.54) is 0 Å². The third kappa shape index (κ3) is 4.25. The van der Waals surface area contributed by atoms with E-state index in [1.54, 1.807) is 0 Å². The highest BCUT2D eigenvalue weighted by Gasteiger charge is 2.33. The quantitative estimate of drug-likeness (QED) is 0.552. The van der Waals surface area contributed by atoms with E-state index < -0.39 is 0 Å². The second-order valence-electron chi connectivity index (χ2n) is 6.44. The van der Waals surface area contributed by atoms with Crippen LogP contribution >= 0.6 is 23.5 Å². The molecule has 0 bridgehead atoms. The summed E-state index contributed by atoms with van der Waals surface area (Å²) >= 11 is 3.96. The molecular formula is C13H26N2O2S2. The first-order valence-electron chi connectivity index (χ1n) is 6.73. The smallest absolute Gasteiger partial charge is 0.100 e. The molecule has 0 radical (unpaired) electrons. The molecule has 0 saturated carbocycles. The molecule has 2 saturated heterocycles. The van der Waals surface area contributed by atoms with Crippen molar-refractivity contribution >= 4 is 23.5 Å². The van der Waals surface area contributed by atoms with Crippen molar-refractivity contribution in [3.05, 3.63) is 0 Å². The summed E-state index contributed by atoms with van der Waals surface area (Å²) in [5.41, 5.74) is 0.394. The SMILES string of the molecule is CC1(C)COCN1CSCSCN1COCC1(C)C. The highest BCUT2D eigenvalue weighted by molar-refractivity contribution is 8.15. The Morgan fingerprint density at radius 1 is 0.842 bits per heavy atom. The topological polar surface area (TPSA) is 24.9 Å². The fourth-order valence-electron chi connectivity index (χ4n) is 2.12. The summed E-state index contributed by atoms with van der Waals surface area (Å²) in [5.74, 6) is 2.11. The first-order valence-corrected chi connectivity index (χ1v) is 9.04. The van der Waals surface area contributed by atoms with Gasteiger partial charge in [0.25, 0.3) is 0 Å². The zero-order chi connectivity index (χ0) is 13.9. The minimum atomic E-state index is 0.197. The predicted octanol–water partition coefficient (Wildman–Crippen LogP) is 2.46. The van der Waals surface area contributed by atoms with Gasteiger partial charge in [0.05, 0.1) is 13.2 Å². The van der Waals surface area contributed by atoms with Gasteiger partial charge in [0.15, 0.2) is 0 Å². The largest absolute Gasteiger partial charge is 0.364 e. The molecule has 0 unspecified atom stereocenters. The normalized spacial score (nSPS) is 27.2. The Morgan fingerprint density at radius 2 is 1.26 bits per heavy atom. The lowest BCUT2D eigenvalue weighted by Crippen LogP contribution is -2.40. The third-order valence-corrected chi connectivity index (χ3v) is 6.10. The summed E-state index contributed by atoms with van der Waals surface area (Å²) in [5, 5.41) is 1.12. The summed E-state index contributed by atoms with van der Waals surface area (Å²) in [4.78, 5) is 4.81. The molecule has 112 valence electrons. The first-order chi connectivity index (χ1) is 8.92. The maximum atomic E-state index is 5.52. The molecule has 2 aliphatic heterocycles. The van der Waals surface area contributed by atoms with Crippen LogP contribution in [0.25, 0.3) is 0 Å². The average molecular weight is 306 g/mol. The molecule has 0 aromatic heterocycles. The van der Waals surface area contributed by atoms with Gasteiger partial charge in [-0.05, 0) is 27.7 Å². The van der Waals surface area contributed by atoms with Crippen LogP contribution in [0.3, 0.4) is 0 Å². The Bertz CT molecular complexity index is 272. The molecule has 0 N–H and O–H groups in total. The van der Waals surface area contributed by atoms with Gasteiger partial charge in [0, 0.05) is 27.9 Å². The molecule has 4 nitrogen and oxygen atoms in total. The summed E-state index contributed by atoms with van der Waals surface area (Å²) < 4.78 is 11.0. The van der Waals surface area contributed by atoms with Gasteiger partial charge >= 0.3 is 0 Å². The Kier molecular flexibility index (Phi) is 5.48. The Balaban J connectivity index is 1.58. The van der Waals surface area contributed by atoms with Crippen LogP contribution in [0.4, 0.5) is 0 Å². The van der Waals surface area contributed by atoms with E-state index in [9.17, 15) is 0 Å². The number of hydrogen-bond acceptors (Lipinski definition) is 6. The van der Waals surface area contributed by atoms with Crippen LogP contribution in [0.15, 0.2) is 0 Å². The van der Waals surface area contributed by atoms with Crippen LogP contribution in [-0.4, -0.2) is 64.4 Å². The number of thioether (sulfide) groups is 2. The average Bonchev–Trinajstić information content (AvgIpc) is 2.81. The Hall–Kier alpha value is 0.540. The lowest BCUT2D eigenvalue weighted by molar-refractivity contribution is 0.148. The van der Waals surface area contributed by atoms with Gasteiger partial charge < -0.3 is 9.47 Å². The first kappa shape index (κ1) is 15.9. The van der Waals surface area contributed by atoms with Crippen LogP contribution in [0.1, 0.15) is 27.7 Å². The summed E-state index contributed by atoms with van der Waals surface area (Å²) in [6.07, 6.45) is 0. The third-order valence-electron chi connectivity index (χ3n) is 3.78. The van der Waals surface area contributed by atoms with Crippen molar-refractivity contribution in [3.8, 4) is 0 Å². The summed E-state index contributed by atoms with van der Waals surface area (Å²) in [7, 11) is 0. The standard InChI is InChI=1S/C13H26N2O2S2/c1-12(2)5-16-7-14(12)9-18-11-19-10-15-8-17-6-13(15,3)4/h5-11H2,1-4H3. The van der Waals surface area contributed by atoms with Crippen molar-refractivity contribution in [1.82, 2.24) is 9.80 Å². The van der Waals surface area contributed by atoms with E-state index in [4.69, 9.17) is 9.47 Å². The Labute approximate surface area is 125 Å².